The minimum absolute atomic E-state index is 0. The number of halogens is 2. The van der Waals surface area contributed by atoms with Gasteiger partial charge in [0.25, 0.3) is 0 Å². The minimum atomic E-state index is 0. The van der Waals surface area contributed by atoms with Gasteiger partial charge < -0.3 is 24.8 Å². The third kappa shape index (κ3) is 8.94. The molecule has 4 bridgehead atoms. The fraction of sp³-hybridized carbons (Fsp3) is 0.414. The van der Waals surface area contributed by atoms with Crippen molar-refractivity contribution in [1.82, 2.24) is 0 Å². The molecule has 0 heterocycles. The van der Waals surface area contributed by atoms with E-state index in [2.05, 4.69) is 166 Å². The van der Waals surface area contributed by atoms with E-state index in [1.54, 1.807) is 49.7 Å². The summed E-state index contributed by atoms with van der Waals surface area (Å²) >= 11 is 1.46. The summed E-state index contributed by atoms with van der Waals surface area (Å²) in [4.78, 5) is 0. The SMILES string of the molecule is CC1=[C-]C(C)(C)c2cc3c(cc21)-c1cc2c(cc1C3)C(C)(C)C=C2C.Cc1cc(CC23CC4CC(CC(C4)C2)C3)c(C)[cH-]1.Cc1ccc([C](=[Zr+2])c2ccc(C)cc2)cc1.[Cl-].[Cl-]. The molecule has 61 heavy (non-hydrogen) atoms. The molecule has 0 atom stereocenters. The Morgan fingerprint density at radius 3 is 1.62 bits per heavy atom. The van der Waals surface area contributed by atoms with E-state index >= 15 is 0 Å². The van der Waals surface area contributed by atoms with Crippen molar-refractivity contribution in [2.45, 2.75) is 131 Å². The van der Waals surface area contributed by atoms with Gasteiger partial charge in [-0.15, -0.1) is 11.6 Å². The summed E-state index contributed by atoms with van der Waals surface area (Å²) in [5, 5.41) is 0. The molecule has 0 unspecified atom stereocenters. The van der Waals surface area contributed by atoms with Crippen LogP contribution in [0.15, 0.2) is 91.0 Å². The third-order valence-electron chi connectivity index (χ3n) is 15.2. The third-order valence-corrected chi connectivity index (χ3v) is 16.6. The fourth-order valence-electron chi connectivity index (χ4n) is 12.8. The molecule has 5 aromatic rings. The summed E-state index contributed by atoms with van der Waals surface area (Å²) in [7, 11) is 0. The van der Waals surface area contributed by atoms with E-state index < -0.39 is 0 Å². The Balaban J connectivity index is 0.000000140. The van der Waals surface area contributed by atoms with E-state index in [1.807, 2.05) is 0 Å². The first-order valence-corrected chi connectivity index (χ1v) is 23.8. The second-order valence-electron chi connectivity index (χ2n) is 21.2. The molecule has 316 valence electrons. The van der Waals surface area contributed by atoms with Gasteiger partial charge >= 0.3 is 112 Å². The number of allylic oxidation sites excluding steroid dienone is 4. The van der Waals surface area contributed by atoms with E-state index in [4.69, 9.17) is 0 Å². The van der Waals surface area contributed by atoms with Crippen LogP contribution in [0.2, 0.25) is 0 Å². The van der Waals surface area contributed by atoms with Crippen molar-refractivity contribution in [3.05, 3.63) is 169 Å². The summed E-state index contributed by atoms with van der Waals surface area (Å²) in [6.45, 7) is 22.5. The van der Waals surface area contributed by atoms with Gasteiger partial charge in [-0.25, -0.2) is 11.6 Å². The molecule has 0 amide bonds. The largest absolute Gasteiger partial charge is 1.00 e. The Morgan fingerprint density at radius 2 is 1.13 bits per heavy atom. The van der Waals surface area contributed by atoms with Crippen LogP contribution in [-0.2, 0) is 47.9 Å². The molecular weight excluding hydrogens is 859 g/mol. The van der Waals surface area contributed by atoms with Gasteiger partial charge in [0.05, 0.1) is 0 Å². The van der Waals surface area contributed by atoms with Crippen molar-refractivity contribution in [3.63, 3.8) is 0 Å². The monoisotopic (exact) mass is 920 g/mol. The van der Waals surface area contributed by atoms with Crippen LogP contribution in [0.1, 0.15) is 152 Å². The van der Waals surface area contributed by atoms with Crippen molar-refractivity contribution in [1.29, 1.82) is 0 Å². The molecular formula is C58H64Cl2Zr-2. The first-order valence-electron chi connectivity index (χ1n) is 22.6. The van der Waals surface area contributed by atoms with Crippen molar-refractivity contribution < 1.29 is 49.0 Å². The van der Waals surface area contributed by atoms with Crippen LogP contribution in [0.4, 0.5) is 0 Å². The minimum Gasteiger partial charge on any atom is -1.00 e. The first kappa shape index (κ1) is 46.0. The van der Waals surface area contributed by atoms with Gasteiger partial charge in [0, 0.05) is 5.41 Å². The van der Waals surface area contributed by atoms with E-state index in [-0.39, 0.29) is 35.6 Å². The predicted octanol–water partition coefficient (Wildman–Crippen LogP) is 8.66. The molecule has 5 aromatic carbocycles. The summed E-state index contributed by atoms with van der Waals surface area (Å²) in [5.74, 6) is 3.27. The first-order chi connectivity index (χ1) is 28.0. The van der Waals surface area contributed by atoms with Gasteiger partial charge in [0.15, 0.2) is 0 Å². The summed E-state index contributed by atoms with van der Waals surface area (Å²) in [6.07, 6.45) is 17.9. The summed E-state index contributed by atoms with van der Waals surface area (Å²) < 4.78 is 1.42. The van der Waals surface area contributed by atoms with Gasteiger partial charge in [-0.05, 0) is 120 Å². The van der Waals surface area contributed by atoms with Crippen LogP contribution < -0.4 is 24.8 Å². The Hall–Kier alpha value is -2.96. The quantitative estimate of drug-likeness (QED) is 0.156. The van der Waals surface area contributed by atoms with Crippen LogP contribution in [0.5, 0.6) is 0 Å². The molecule has 0 saturated heterocycles. The molecule has 0 nitrogen and oxygen atoms in total. The zero-order valence-electron chi connectivity index (χ0n) is 38.3. The number of rotatable bonds is 4. The van der Waals surface area contributed by atoms with Crippen molar-refractivity contribution in [2.24, 2.45) is 23.2 Å². The van der Waals surface area contributed by atoms with Crippen LogP contribution >= 0.6 is 0 Å². The Morgan fingerprint density at radius 1 is 0.639 bits per heavy atom. The van der Waals surface area contributed by atoms with Crippen LogP contribution in [0.25, 0.3) is 22.3 Å². The molecule has 0 radical (unpaired) electrons. The second-order valence-corrected chi connectivity index (χ2v) is 22.4. The maximum atomic E-state index is 3.65. The fourth-order valence-corrected chi connectivity index (χ4v) is 13.7. The molecule has 3 heteroatoms. The zero-order valence-corrected chi connectivity index (χ0v) is 42.3. The Labute approximate surface area is 395 Å². The van der Waals surface area contributed by atoms with Crippen molar-refractivity contribution in [3.8, 4) is 11.1 Å². The average Bonchev–Trinajstić information content (AvgIpc) is 3.83. The van der Waals surface area contributed by atoms with E-state index in [9.17, 15) is 0 Å². The normalized spacial score (nSPS) is 23.4. The summed E-state index contributed by atoms with van der Waals surface area (Å²) in [6, 6.07) is 32.2. The Kier molecular flexibility index (Phi) is 13.0. The topological polar surface area (TPSA) is 0 Å². The van der Waals surface area contributed by atoms with Crippen LogP contribution in [0.3, 0.4) is 0 Å². The van der Waals surface area contributed by atoms with Gasteiger partial charge in [-0.3, -0.25) is 6.08 Å². The zero-order chi connectivity index (χ0) is 41.6. The van der Waals surface area contributed by atoms with E-state index in [0.29, 0.717) is 5.41 Å². The molecule has 4 fully saturated rings. The van der Waals surface area contributed by atoms with E-state index in [1.165, 1.54) is 117 Å². The number of aryl methyl sites for hydroxylation is 4. The number of hydrogen-bond donors (Lipinski definition) is 0. The Bertz CT molecular complexity index is 2370. The average molecular weight is 923 g/mol. The molecule has 4 saturated carbocycles. The maximum absolute atomic E-state index is 3.65. The van der Waals surface area contributed by atoms with E-state index in [0.717, 1.165) is 24.2 Å². The van der Waals surface area contributed by atoms with Gasteiger partial charge in [0.1, 0.15) is 0 Å². The molecule has 0 spiro atoms. The summed E-state index contributed by atoms with van der Waals surface area (Å²) in [5.41, 5.74) is 25.2. The molecule has 0 aromatic heterocycles. The standard InChI is InChI=1S/C25H25.C18H25.C15H14.2ClH.Zr/c1-14-12-24(3,4)22-8-16-7-17-9-23-19(15(2)13-25(23,5)6)11-21(17)20(16)10-18(14)22;1-12-3-13(2)17(4-12)11-18-8-14-5-15(9-18)7-16(6-14)10-18;1-12-3-7-14(8-4-12)11-15-9-5-13(2)6-10-15;;;/h8-12H,7H2,1-6H3;3-4,14-16H,5-11H2,1-2H3;3-10H,1-2H3;2*1H;/q2*-1;;;;+2/p-2. The van der Waals surface area contributed by atoms with Crippen molar-refractivity contribution in [2.75, 3.05) is 0 Å². The maximum Gasteiger partial charge on any atom is -1.00 e. The molecule has 12 rings (SSSR count). The predicted molar refractivity (Wildman–Crippen MR) is 248 cm³/mol. The molecule has 7 aliphatic carbocycles. The van der Waals surface area contributed by atoms with Gasteiger partial charge in [-0.1, -0.05) is 78.5 Å². The number of fused-ring (bicyclic) bond motifs is 5. The smallest absolute Gasteiger partial charge is 1.00 e. The van der Waals surface area contributed by atoms with Gasteiger partial charge in [0.2, 0.25) is 0 Å². The van der Waals surface area contributed by atoms with Gasteiger partial charge in [-0.2, -0.15) is 28.3 Å². The number of benzene rings is 4. The number of hydrogen-bond acceptors (Lipinski definition) is 0. The molecule has 0 aliphatic heterocycles. The molecule has 7 aliphatic rings. The van der Waals surface area contributed by atoms with Crippen molar-refractivity contribution >= 4 is 14.4 Å². The van der Waals surface area contributed by atoms with Crippen LogP contribution in [0, 0.1) is 56.9 Å². The van der Waals surface area contributed by atoms with Crippen LogP contribution in [-0.4, -0.2) is 3.21 Å². The second kappa shape index (κ2) is 17.2. The molecule has 0 N–H and O–H groups in total.